The molecule has 1 saturated heterocycles. The van der Waals surface area contributed by atoms with E-state index < -0.39 is 0 Å². The largest absolute Gasteiger partial charge is 0.339 e. The summed E-state index contributed by atoms with van der Waals surface area (Å²) in [7, 11) is 0. The minimum Gasteiger partial charge on any atom is -0.339 e. The molecule has 0 atom stereocenters. The van der Waals surface area contributed by atoms with Gasteiger partial charge in [0.1, 0.15) is 0 Å². The number of hydrogen-bond acceptors (Lipinski definition) is 3. The quantitative estimate of drug-likeness (QED) is 0.891. The Hall–Kier alpha value is -1.88. The molecule has 21 heavy (non-hydrogen) atoms. The van der Waals surface area contributed by atoms with E-state index in [9.17, 15) is 9.59 Å². The number of aryl methyl sites for hydroxylation is 1. The molecule has 5 heteroatoms. The van der Waals surface area contributed by atoms with Gasteiger partial charge in [0.2, 0.25) is 11.8 Å². The van der Waals surface area contributed by atoms with Crippen molar-refractivity contribution in [3.8, 4) is 0 Å². The Kier molecular flexibility index (Phi) is 5.33. The summed E-state index contributed by atoms with van der Waals surface area (Å²) in [5, 5.41) is 3.19. The number of nitrogens with zero attached hydrogens (tertiary/aromatic N) is 2. The van der Waals surface area contributed by atoms with Gasteiger partial charge in [0.25, 0.3) is 0 Å². The molecule has 1 aromatic rings. The van der Waals surface area contributed by atoms with Crippen molar-refractivity contribution >= 4 is 11.8 Å². The fourth-order valence-corrected chi connectivity index (χ4v) is 2.52. The number of nitrogens with one attached hydrogen (secondary N) is 1. The van der Waals surface area contributed by atoms with E-state index in [0.29, 0.717) is 39.3 Å². The van der Waals surface area contributed by atoms with Crippen molar-refractivity contribution in [2.75, 3.05) is 32.7 Å². The Bertz CT molecular complexity index is 508. The predicted molar refractivity (Wildman–Crippen MR) is 81.7 cm³/mol. The molecule has 1 heterocycles. The minimum atomic E-state index is 0.0830. The fraction of sp³-hybridized carbons (Fsp3) is 0.500. The standard InChI is InChI=1S/C16H23N3O2/c1-13-4-3-5-15(10-13)11-17-12-16(21)19-8-6-18(7-9-19)14(2)20/h3-5,10,17H,6-9,11-12H2,1-2H3. The highest BCUT2D eigenvalue weighted by molar-refractivity contribution is 5.79. The Balaban J connectivity index is 1.72. The Morgan fingerprint density at radius 1 is 1.14 bits per heavy atom. The zero-order valence-electron chi connectivity index (χ0n) is 12.8. The first-order valence-electron chi connectivity index (χ1n) is 7.36. The molecular formula is C16H23N3O2. The molecule has 1 fully saturated rings. The summed E-state index contributed by atoms with van der Waals surface area (Å²) in [4.78, 5) is 26.9. The summed E-state index contributed by atoms with van der Waals surface area (Å²) in [5.41, 5.74) is 2.41. The Morgan fingerprint density at radius 2 is 1.81 bits per heavy atom. The summed E-state index contributed by atoms with van der Waals surface area (Å²) in [6, 6.07) is 8.25. The van der Waals surface area contributed by atoms with E-state index >= 15 is 0 Å². The molecular weight excluding hydrogens is 266 g/mol. The van der Waals surface area contributed by atoms with Crippen molar-refractivity contribution in [3.63, 3.8) is 0 Å². The van der Waals surface area contributed by atoms with Crippen LogP contribution in [0.4, 0.5) is 0 Å². The lowest BCUT2D eigenvalue weighted by molar-refractivity contribution is -0.137. The maximum absolute atomic E-state index is 12.1. The number of benzene rings is 1. The van der Waals surface area contributed by atoms with Gasteiger partial charge in [-0.15, -0.1) is 0 Å². The summed E-state index contributed by atoms with van der Waals surface area (Å²) in [6.45, 7) is 7.20. The van der Waals surface area contributed by atoms with Gasteiger partial charge in [-0.05, 0) is 12.5 Å². The van der Waals surface area contributed by atoms with E-state index in [-0.39, 0.29) is 11.8 Å². The molecule has 1 N–H and O–H groups in total. The van der Waals surface area contributed by atoms with Gasteiger partial charge >= 0.3 is 0 Å². The average molecular weight is 289 g/mol. The maximum atomic E-state index is 12.1. The Morgan fingerprint density at radius 3 is 2.43 bits per heavy atom. The van der Waals surface area contributed by atoms with Gasteiger partial charge in [0.05, 0.1) is 6.54 Å². The van der Waals surface area contributed by atoms with Crippen LogP contribution in [0.5, 0.6) is 0 Å². The molecule has 2 amide bonds. The lowest BCUT2D eigenvalue weighted by atomic mass is 10.1. The van der Waals surface area contributed by atoms with Gasteiger partial charge in [0, 0.05) is 39.6 Å². The van der Waals surface area contributed by atoms with Gasteiger partial charge in [0.15, 0.2) is 0 Å². The van der Waals surface area contributed by atoms with Gasteiger partial charge in [-0.3, -0.25) is 9.59 Å². The van der Waals surface area contributed by atoms with E-state index in [2.05, 4.69) is 30.4 Å². The highest BCUT2D eigenvalue weighted by Crippen LogP contribution is 2.04. The van der Waals surface area contributed by atoms with E-state index in [4.69, 9.17) is 0 Å². The molecule has 0 aromatic heterocycles. The molecule has 0 unspecified atom stereocenters. The van der Waals surface area contributed by atoms with Crippen LogP contribution in [0, 0.1) is 6.92 Å². The fourth-order valence-electron chi connectivity index (χ4n) is 2.52. The molecule has 1 aliphatic heterocycles. The van der Waals surface area contributed by atoms with Gasteiger partial charge in [-0.25, -0.2) is 0 Å². The number of carbonyl (C=O) groups is 2. The van der Waals surface area contributed by atoms with E-state index in [1.54, 1.807) is 11.8 Å². The zero-order chi connectivity index (χ0) is 15.2. The highest BCUT2D eigenvalue weighted by atomic mass is 16.2. The SMILES string of the molecule is CC(=O)N1CCN(C(=O)CNCc2cccc(C)c2)CC1. The highest BCUT2D eigenvalue weighted by Gasteiger charge is 2.21. The lowest BCUT2D eigenvalue weighted by Gasteiger charge is -2.34. The molecule has 0 saturated carbocycles. The first kappa shape index (κ1) is 15.5. The molecule has 1 aliphatic rings. The summed E-state index contributed by atoms with van der Waals surface area (Å²) in [6.07, 6.45) is 0. The number of amides is 2. The Labute approximate surface area is 125 Å². The normalized spacial score (nSPS) is 15.1. The van der Waals surface area contributed by atoms with Crippen LogP contribution in [0.15, 0.2) is 24.3 Å². The van der Waals surface area contributed by atoms with Crippen LogP contribution in [0.2, 0.25) is 0 Å². The monoisotopic (exact) mass is 289 g/mol. The number of hydrogen-bond donors (Lipinski definition) is 1. The third-order valence-electron chi connectivity index (χ3n) is 3.77. The second-order valence-corrected chi connectivity index (χ2v) is 5.48. The van der Waals surface area contributed by atoms with Crippen molar-refractivity contribution in [1.29, 1.82) is 0 Å². The van der Waals surface area contributed by atoms with Gasteiger partial charge in [-0.2, -0.15) is 0 Å². The van der Waals surface area contributed by atoms with E-state index in [1.807, 2.05) is 11.0 Å². The third-order valence-corrected chi connectivity index (χ3v) is 3.77. The van der Waals surface area contributed by atoms with Crippen LogP contribution in [0.3, 0.4) is 0 Å². The van der Waals surface area contributed by atoms with E-state index in [0.717, 1.165) is 0 Å². The van der Waals surface area contributed by atoms with Crippen LogP contribution >= 0.6 is 0 Å². The first-order chi connectivity index (χ1) is 10.1. The average Bonchev–Trinajstić information content (AvgIpc) is 2.47. The smallest absolute Gasteiger partial charge is 0.236 e. The van der Waals surface area contributed by atoms with Gasteiger partial charge in [-0.1, -0.05) is 29.8 Å². The van der Waals surface area contributed by atoms with Crippen LogP contribution in [0.1, 0.15) is 18.1 Å². The van der Waals surface area contributed by atoms with Crippen molar-refractivity contribution in [3.05, 3.63) is 35.4 Å². The molecule has 1 aromatic carbocycles. The second kappa shape index (κ2) is 7.22. The maximum Gasteiger partial charge on any atom is 0.236 e. The minimum absolute atomic E-state index is 0.0830. The van der Waals surface area contributed by atoms with Crippen LogP contribution in [-0.2, 0) is 16.1 Å². The lowest BCUT2D eigenvalue weighted by Crippen LogP contribution is -2.51. The molecule has 114 valence electrons. The van der Waals surface area contributed by atoms with Crippen molar-refractivity contribution in [2.24, 2.45) is 0 Å². The second-order valence-electron chi connectivity index (χ2n) is 5.48. The van der Waals surface area contributed by atoms with Crippen molar-refractivity contribution in [2.45, 2.75) is 20.4 Å². The number of carbonyl (C=O) groups excluding carboxylic acids is 2. The van der Waals surface area contributed by atoms with E-state index in [1.165, 1.54) is 11.1 Å². The summed E-state index contributed by atoms with van der Waals surface area (Å²) >= 11 is 0. The van der Waals surface area contributed by atoms with Crippen LogP contribution in [-0.4, -0.2) is 54.3 Å². The molecule has 5 nitrogen and oxygen atoms in total. The summed E-state index contributed by atoms with van der Waals surface area (Å²) < 4.78 is 0. The van der Waals surface area contributed by atoms with Crippen molar-refractivity contribution < 1.29 is 9.59 Å². The molecule has 0 bridgehead atoms. The summed E-state index contributed by atoms with van der Waals surface area (Å²) in [5.74, 6) is 0.186. The first-order valence-corrected chi connectivity index (χ1v) is 7.36. The molecule has 0 aliphatic carbocycles. The molecule has 2 rings (SSSR count). The number of rotatable bonds is 4. The third kappa shape index (κ3) is 4.56. The molecule has 0 radical (unpaired) electrons. The zero-order valence-corrected chi connectivity index (χ0v) is 12.8. The van der Waals surface area contributed by atoms with Crippen molar-refractivity contribution in [1.82, 2.24) is 15.1 Å². The van der Waals surface area contributed by atoms with Crippen LogP contribution in [0.25, 0.3) is 0 Å². The predicted octanol–water partition coefficient (Wildman–Crippen LogP) is 0.775. The topological polar surface area (TPSA) is 52.7 Å². The van der Waals surface area contributed by atoms with Gasteiger partial charge < -0.3 is 15.1 Å². The molecule has 0 spiro atoms. The number of piperazine rings is 1. The van der Waals surface area contributed by atoms with Crippen LogP contribution < -0.4 is 5.32 Å².